The van der Waals surface area contributed by atoms with Gasteiger partial charge < -0.3 is 14.8 Å². The molecule has 5 nitrogen and oxygen atoms in total. The molecule has 0 radical (unpaired) electrons. The van der Waals surface area contributed by atoms with Crippen LogP contribution in [-0.2, 0) is 14.3 Å². The van der Waals surface area contributed by atoms with Gasteiger partial charge in [-0.05, 0) is 63.8 Å². The van der Waals surface area contributed by atoms with Crippen molar-refractivity contribution in [2.45, 2.75) is 51.6 Å². The Morgan fingerprint density at radius 3 is 2.50 bits per heavy atom. The maximum atomic E-state index is 12.8. The van der Waals surface area contributed by atoms with Crippen LogP contribution in [0.15, 0.2) is 35.4 Å². The fraction of sp³-hybridized carbons (Fsp3) is 0.474. The molecule has 1 aliphatic carbocycles. The first-order valence-corrected chi connectivity index (χ1v) is 8.54. The highest BCUT2D eigenvalue weighted by atomic mass is 16.6. The zero-order valence-electron chi connectivity index (χ0n) is 14.2. The monoisotopic (exact) mass is 329 g/mol. The Kier molecular flexibility index (Phi) is 4.60. The number of anilines is 1. The predicted octanol–water partition coefficient (Wildman–Crippen LogP) is 3.60. The second-order valence-corrected chi connectivity index (χ2v) is 6.36. The van der Waals surface area contributed by atoms with E-state index in [2.05, 4.69) is 5.32 Å². The number of rotatable bonds is 4. The third-order valence-electron chi connectivity index (χ3n) is 4.74. The van der Waals surface area contributed by atoms with Crippen LogP contribution in [0.4, 0.5) is 5.69 Å². The summed E-state index contributed by atoms with van der Waals surface area (Å²) < 4.78 is 11.0. The minimum absolute atomic E-state index is 0.246. The second kappa shape index (κ2) is 6.67. The van der Waals surface area contributed by atoms with Crippen molar-refractivity contribution in [3.8, 4) is 5.75 Å². The summed E-state index contributed by atoms with van der Waals surface area (Å²) in [4.78, 5) is 24.9. The van der Waals surface area contributed by atoms with Crippen LogP contribution in [0.5, 0.6) is 5.75 Å². The number of ether oxygens (including phenoxy) is 2. The molecule has 2 aliphatic rings. The maximum Gasteiger partial charge on any atom is 0.335 e. The SMILES string of the molecule is CCOc1ccc(NC(=O)C2=C(C)C(=O)OC23CCCCC3)cc1. The van der Waals surface area contributed by atoms with Crippen LogP contribution in [0.2, 0.25) is 0 Å². The van der Waals surface area contributed by atoms with E-state index in [4.69, 9.17) is 9.47 Å². The summed E-state index contributed by atoms with van der Waals surface area (Å²) in [5, 5.41) is 2.89. The van der Waals surface area contributed by atoms with Crippen molar-refractivity contribution in [3.05, 3.63) is 35.4 Å². The molecule has 1 spiro atoms. The Morgan fingerprint density at radius 1 is 1.21 bits per heavy atom. The summed E-state index contributed by atoms with van der Waals surface area (Å²) in [7, 11) is 0. The highest BCUT2D eigenvalue weighted by molar-refractivity contribution is 6.12. The van der Waals surface area contributed by atoms with Gasteiger partial charge in [0.15, 0.2) is 0 Å². The van der Waals surface area contributed by atoms with Gasteiger partial charge in [-0.3, -0.25) is 4.79 Å². The number of hydrogen-bond donors (Lipinski definition) is 1. The van der Waals surface area contributed by atoms with Crippen molar-refractivity contribution >= 4 is 17.6 Å². The maximum absolute atomic E-state index is 12.8. The van der Waals surface area contributed by atoms with Gasteiger partial charge in [-0.25, -0.2) is 4.79 Å². The van der Waals surface area contributed by atoms with Gasteiger partial charge in [0.05, 0.1) is 12.2 Å². The van der Waals surface area contributed by atoms with Crippen LogP contribution in [0.25, 0.3) is 0 Å². The molecule has 0 unspecified atom stereocenters. The summed E-state index contributed by atoms with van der Waals surface area (Å²) in [5.74, 6) is 0.146. The minimum atomic E-state index is -0.727. The second-order valence-electron chi connectivity index (χ2n) is 6.36. The van der Waals surface area contributed by atoms with E-state index in [1.807, 2.05) is 19.1 Å². The largest absolute Gasteiger partial charge is 0.494 e. The average molecular weight is 329 g/mol. The fourth-order valence-electron chi connectivity index (χ4n) is 3.60. The molecule has 1 heterocycles. The van der Waals surface area contributed by atoms with Gasteiger partial charge in [-0.15, -0.1) is 0 Å². The van der Waals surface area contributed by atoms with Crippen molar-refractivity contribution in [1.82, 2.24) is 0 Å². The predicted molar refractivity (Wildman–Crippen MR) is 90.8 cm³/mol. The summed E-state index contributed by atoms with van der Waals surface area (Å²) in [6.07, 6.45) is 4.51. The van der Waals surface area contributed by atoms with E-state index < -0.39 is 5.60 Å². The van der Waals surface area contributed by atoms with E-state index in [1.165, 1.54) is 0 Å². The van der Waals surface area contributed by atoms with E-state index in [0.717, 1.165) is 37.9 Å². The molecular formula is C19H23NO4. The van der Waals surface area contributed by atoms with Crippen LogP contribution in [-0.4, -0.2) is 24.1 Å². The fourth-order valence-corrected chi connectivity index (χ4v) is 3.60. The normalized spacial score (nSPS) is 19.3. The number of amides is 1. The van der Waals surface area contributed by atoms with Crippen LogP contribution in [0.1, 0.15) is 46.0 Å². The van der Waals surface area contributed by atoms with E-state index in [-0.39, 0.29) is 11.9 Å². The lowest BCUT2D eigenvalue weighted by Crippen LogP contribution is -2.39. The van der Waals surface area contributed by atoms with Gasteiger partial charge in [0.25, 0.3) is 5.91 Å². The van der Waals surface area contributed by atoms with E-state index in [1.54, 1.807) is 19.1 Å². The Balaban J connectivity index is 1.80. The molecular weight excluding hydrogens is 306 g/mol. The molecule has 1 fully saturated rings. The molecule has 3 rings (SSSR count). The van der Waals surface area contributed by atoms with Crippen molar-refractivity contribution in [2.24, 2.45) is 0 Å². The number of nitrogens with one attached hydrogen (secondary N) is 1. The molecule has 1 N–H and O–H groups in total. The van der Waals surface area contributed by atoms with Gasteiger partial charge in [0.2, 0.25) is 0 Å². The van der Waals surface area contributed by atoms with E-state index in [9.17, 15) is 9.59 Å². The molecule has 1 aromatic carbocycles. The molecule has 0 aromatic heterocycles. The number of benzene rings is 1. The third kappa shape index (κ3) is 3.03. The highest BCUT2D eigenvalue weighted by Crippen LogP contribution is 2.44. The Bertz CT molecular complexity index is 669. The summed E-state index contributed by atoms with van der Waals surface area (Å²) in [6.45, 7) is 4.20. The first kappa shape index (κ1) is 16.6. The lowest BCUT2D eigenvalue weighted by Gasteiger charge is -2.34. The van der Waals surface area contributed by atoms with Gasteiger partial charge in [0, 0.05) is 11.3 Å². The molecule has 1 aliphatic heterocycles. The van der Waals surface area contributed by atoms with Crippen molar-refractivity contribution in [3.63, 3.8) is 0 Å². The van der Waals surface area contributed by atoms with Crippen molar-refractivity contribution in [1.29, 1.82) is 0 Å². The molecule has 0 bridgehead atoms. The molecule has 1 saturated carbocycles. The topological polar surface area (TPSA) is 64.6 Å². The van der Waals surface area contributed by atoms with Gasteiger partial charge in [-0.2, -0.15) is 0 Å². The number of carbonyl (C=O) groups is 2. The van der Waals surface area contributed by atoms with Gasteiger partial charge >= 0.3 is 5.97 Å². The zero-order chi connectivity index (χ0) is 17.2. The molecule has 1 amide bonds. The molecule has 1 aromatic rings. The average Bonchev–Trinajstić information content (AvgIpc) is 2.80. The lowest BCUT2D eigenvalue weighted by molar-refractivity contribution is -0.149. The van der Waals surface area contributed by atoms with Crippen molar-refractivity contribution < 1.29 is 19.1 Å². The standard InChI is InChI=1S/C19H23NO4/c1-3-23-15-9-7-14(8-10-15)20-17(21)16-13(2)18(22)24-19(16)11-5-4-6-12-19/h7-10H,3-6,11-12H2,1-2H3,(H,20,21). The molecule has 24 heavy (non-hydrogen) atoms. The van der Waals surface area contributed by atoms with Gasteiger partial charge in [-0.1, -0.05) is 6.42 Å². The smallest absolute Gasteiger partial charge is 0.335 e. The van der Waals surface area contributed by atoms with Crippen LogP contribution < -0.4 is 10.1 Å². The first-order valence-electron chi connectivity index (χ1n) is 8.54. The van der Waals surface area contributed by atoms with Crippen LogP contribution in [0.3, 0.4) is 0 Å². The number of hydrogen-bond acceptors (Lipinski definition) is 4. The first-order chi connectivity index (χ1) is 11.6. The third-order valence-corrected chi connectivity index (χ3v) is 4.74. The zero-order valence-corrected chi connectivity index (χ0v) is 14.2. The molecule has 0 saturated heterocycles. The van der Waals surface area contributed by atoms with Gasteiger partial charge in [0.1, 0.15) is 11.4 Å². The van der Waals surface area contributed by atoms with Crippen molar-refractivity contribution in [2.75, 3.05) is 11.9 Å². The molecule has 0 atom stereocenters. The van der Waals surface area contributed by atoms with E-state index in [0.29, 0.717) is 23.4 Å². The summed E-state index contributed by atoms with van der Waals surface area (Å²) >= 11 is 0. The minimum Gasteiger partial charge on any atom is -0.494 e. The lowest BCUT2D eigenvalue weighted by atomic mass is 9.78. The molecule has 128 valence electrons. The Hall–Kier alpha value is -2.30. The molecule has 5 heteroatoms. The summed E-state index contributed by atoms with van der Waals surface area (Å²) in [6, 6.07) is 7.22. The number of carbonyl (C=O) groups excluding carboxylic acids is 2. The Labute approximate surface area is 142 Å². The quantitative estimate of drug-likeness (QED) is 0.857. The van der Waals surface area contributed by atoms with Crippen LogP contribution in [0, 0.1) is 0 Å². The summed E-state index contributed by atoms with van der Waals surface area (Å²) in [5.41, 5.74) is 0.880. The Morgan fingerprint density at radius 2 is 1.88 bits per heavy atom. The highest BCUT2D eigenvalue weighted by Gasteiger charge is 2.49. The van der Waals surface area contributed by atoms with E-state index >= 15 is 0 Å². The number of esters is 1. The van der Waals surface area contributed by atoms with Crippen LogP contribution >= 0.6 is 0 Å².